The van der Waals surface area contributed by atoms with E-state index in [-0.39, 0.29) is 0 Å². The van der Waals surface area contributed by atoms with Crippen LogP contribution in [0.15, 0.2) is 48.5 Å². The van der Waals surface area contributed by atoms with Crippen LogP contribution in [0.5, 0.6) is 0 Å². The number of benzene rings is 2. The van der Waals surface area contributed by atoms with Gasteiger partial charge in [0, 0.05) is 38.4 Å². The number of hydrogen-bond donors (Lipinski definition) is 1. The molecular weight excluding hydrogens is 346 g/mol. The highest BCUT2D eigenvalue weighted by molar-refractivity contribution is 6.32. The normalized spacial score (nSPS) is 16.1. The van der Waals surface area contributed by atoms with Gasteiger partial charge in [-0.25, -0.2) is 9.97 Å². The monoisotopic (exact) mass is 367 g/mol. The number of para-hydroxylation sites is 2. The van der Waals surface area contributed by atoms with E-state index in [1.165, 1.54) is 5.56 Å². The lowest BCUT2D eigenvalue weighted by Crippen LogP contribution is -2.43. The van der Waals surface area contributed by atoms with Crippen molar-refractivity contribution in [3.8, 4) is 0 Å². The van der Waals surface area contributed by atoms with Crippen LogP contribution in [0.1, 0.15) is 5.56 Å². The molecule has 3 aromatic rings. The maximum Gasteiger partial charge on any atom is 0.172 e. The van der Waals surface area contributed by atoms with E-state index in [0.717, 1.165) is 49.4 Å². The van der Waals surface area contributed by atoms with Gasteiger partial charge in [-0.1, -0.05) is 35.9 Å². The maximum absolute atomic E-state index is 6.28. The lowest BCUT2D eigenvalue weighted by atomic mass is 10.2. The topological polar surface area (TPSA) is 44.3 Å². The first-order valence-electron chi connectivity index (χ1n) is 8.86. The number of aromatic nitrogens is 2. The minimum absolute atomic E-state index is 0.380. The Labute approximate surface area is 158 Å². The second-order valence-corrected chi connectivity index (χ2v) is 7.11. The summed E-state index contributed by atoms with van der Waals surface area (Å²) in [4.78, 5) is 13.8. The molecule has 2 heterocycles. The molecule has 4 rings (SSSR count). The van der Waals surface area contributed by atoms with Crippen molar-refractivity contribution >= 4 is 34.1 Å². The van der Waals surface area contributed by atoms with Gasteiger partial charge in [0.2, 0.25) is 0 Å². The van der Waals surface area contributed by atoms with E-state index >= 15 is 0 Å². The molecular formula is C20H22ClN5. The summed E-state index contributed by atoms with van der Waals surface area (Å²) in [6.07, 6.45) is 0. The predicted octanol–water partition coefficient (Wildman–Crippen LogP) is 3.77. The van der Waals surface area contributed by atoms with Crippen LogP contribution in [0.3, 0.4) is 0 Å². The zero-order chi connectivity index (χ0) is 17.9. The van der Waals surface area contributed by atoms with Crippen molar-refractivity contribution in [2.24, 2.45) is 0 Å². The van der Waals surface area contributed by atoms with E-state index in [9.17, 15) is 0 Å². The summed E-state index contributed by atoms with van der Waals surface area (Å²) in [6, 6.07) is 16.2. The molecule has 1 aliphatic heterocycles. The number of likely N-dealkylation sites (N-methyl/N-ethyl adjacent to an activating group) is 1. The number of nitrogens with zero attached hydrogens (tertiary/aromatic N) is 4. The Hall–Kier alpha value is -2.21. The van der Waals surface area contributed by atoms with Crippen molar-refractivity contribution < 1.29 is 0 Å². The van der Waals surface area contributed by atoms with Gasteiger partial charge in [0.15, 0.2) is 11.0 Å². The summed E-state index contributed by atoms with van der Waals surface area (Å²) >= 11 is 6.28. The fourth-order valence-corrected chi connectivity index (χ4v) is 3.33. The molecule has 26 heavy (non-hydrogen) atoms. The SMILES string of the molecule is CN1CCN(Cc2ccc(Nc3nc4ccccc4nc3Cl)cc2)CC1. The van der Waals surface area contributed by atoms with Crippen LogP contribution in [-0.4, -0.2) is 53.0 Å². The lowest BCUT2D eigenvalue weighted by molar-refractivity contribution is 0.148. The van der Waals surface area contributed by atoms with Crippen molar-refractivity contribution in [1.29, 1.82) is 0 Å². The molecule has 0 unspecified atom stereocenters. The molecule has 0 aliphatic carbocycles. The highest BCUT2D eigenvalue weighted by Gasteiger charge is 2.14. The van der Waals surface area contributed by atoms with Crippen LogP contribution >= 0.6 is 11.6 Å². The first kappa shape index (κ1) is 17.2. The van der Waals surface area contributed by atoms with E-state index in [1.54, 1.807) is 0 Å². The largest absolute Gasteiger partial charge is 0.338 e. The van der Waals surface area contributed by atoms with E-state index in [1.807, 2.05) is 24.3 Å². The summed E-state index contributed by atoms with van der Waals surface area (Å²) in [5.74, 6) is 0.581. The molecule has 1 N–H and O–H groups in total. The first-order chi connectivity index (χ1) is 12.7. The van der Waals surface area contributed by atoms with Gasteiger partial charge in [0.25, 0.3) is 0 Å². The second kappa shape index (κ2) is 7.58. The Kier molecular flexibility index (Phi) is 5.02. The predicted molar refractivity (Wildman–Crippen MR) is 107 cm³/mol. The Bertz CT molecular complexity index is 888. The molecule has 6 heteroatoms. The van der Waals surface area contributed by atoms with E-state index < -0.39 is 0 Å². The molecule has 134 valence electrons. The van der Waals surface area contributed by atoms with Crippen LogP contribution in [0.2, 0.25) is 5.15 Å². The summed E-state index contributed by atoms with van der Waals surface area (Å²) < 4.78 is 0. The van der Waals surface area contributed by atoms with Gasteiger partial charge in [0.05, 0.1) is 11.0 Å². The number of fused-ring (bicyclic) bond motifs is 1. The maximum atomic E-state index is 6.28. The number of nitrogens with one attached hydrogen (secondary N) is 1. The molecule has 0 bridgehead atoms. The highest BCUT2D eigenvalue weighted by Crippen LogP contribution is 2.24. The molecule has 2 aromatic carbocycles. The minimum atomic E-state index is 0.380. The summed E-state index contributed by atoms with van der Waals surface area (Å²) in [5, 5.41) is 3.65. The number of hydrogen-bond acceptors (Lipinski definition) is 5. The Morgan fingerprint density at radius 2 is 1.58 bits per heavy atom. The third-order valence-electron chi connectivity index (χ3n) is 4.75. The number of anilines is 2. The molecule has 0 saturated carbocycles. The third kappa shape index (κ3) is 3.96. The summed E-state index contributed by atoms with van der Waals surface area (Å²) in [6.45, 7) is 5.51. The van der Waals surface area contributed by atoms with Gasteiger partial charge in [-0.05, 0) is 36.9 Å². The van der Waals surface area contributed by atoms with Crippen molar-refractivity contribution in [3.63, 3.8) is 0 Å². The molecule has 1 saturated heterocycles. The number of piperazine rings is 1. The zero-order valence-corrected chi connectivity index (χ0v) is 15.6. The van der Waals surface area contributed by atoms with Gasteiger partial charge in [-0.2, -0.15) is 0 Å². The highest BCUT2D eigenvalue weighted by atomic mass is 35.5. The Morgan fingerprint density at radius 1 is 0.923 bits per heavy atom. The van der Waals surface area contributed by atoms with Gasteiger partial charge >= 0.3 is 0 Å². The lowest BCUT2D eigenvalue weighted by Gasteiger charge is -2.32. The fraction of sp³-hybridized carbons (Fsp3) is 0.300. The quantitative estimate of drug-likeness (QED) is 0.760. The van der Waals surface area contributed by atoms with Crippen molar-refractivity contribution in [2.75, 3.05) is 38.5 Å². The Balaban J connectivity index is 1.45. The molecule has 0 spiro atoms. The number of halogens is 1. The molecule has 0 amide bonds. The van der Waals surface area contributed by atoms with E-state index in [2.05, 4.69) is 56.4 Å². The third-order valence-corrected chi connectivity index (χ3v) is 5.01. The van der Waals surface area contributed by atoms with Gasteiger partial charge in [-0.15, -0.1) is 0 Å². The molecule has 1 fully saturated rings. The summed E-state index contributed by atoms with van der Waals surface area (Å²) in [7, 11) is 2.18. The first-order valence-corrected chi connectivity index (χ1v) is 9.24. The van der Waals surface area contributed by atoms with E-state index in [0.29, 0.717) is 11.0 Å². The molecule has 1 aliphatic rings. The fourth-order valence-electron chi connectivity index (χ4n) is 3.15. The van der Waals surface area contributed by atoms with Crippen molar-refractivity contribution in [1.82, 2.24) is 19.8 Å². The zero-order valence-electron chi connectivity index (χ0n) is 14.8. The molecule has 1 aromatic heterocycles. The minimum Gasteiger partial charge on any atom is -0.338 e. The van der Waals surface area contributed by atoms with Gasteiger partial charge in [0.1, 0.15) is 0 Å². The number of rotatable bonds is 4. The van der Waals surface area contributed by atoms with Crippen LogP contribution in [0.4, 0.5) is 11.5 Å². The molecule has 5 nitrogen and oxygen atoms in total. The van der Waals surface area contributed by atoms with E-state index in [4.69, 9.17) is 11.6 Å². The van der Waals surface area contributed by atoms with Gasteiger partial charge in [-0.3, -0.25) is 4.90 Å². The van der Waals surface area contributed by atoms with Gasteiger partial charge < -0.3 is 10.2 Å². The average Bonchev–Trinajstić information content (AvgIpc) is 2.66. The second-order valence-electron chi connectivity index (χ2n) is 6.75. The van der Waals surface area contributed by atoms with Crippen molar-refractivity contribution in [2.45, 2.75) is 6.54 Å². The van der Waals surface area contributed by atoms with Crippen LogP contribution in [0.25, 0.3) is 11.0 Å². The smallest absolute Gasteiger partial charge is 0.172 e. The van der Waals surface area contributed by atoms with Crippen LogP contribution < -0.4 is 5.32 Å². The Morgan fingerprint density at radius 3 is 2.27 bits per heavy atom. The van der Waals surface area contributed by atoms with Crippen molar-refractivity contribution in [3.05, 3.63) is 59.2 Å². The summed E-state index contributed by atoms with van der Waals surface area (Å²) in [5.41, 5.74) is 3.89. The standard InChI is InChI=1S/C20H22ClN5/c1-25-10-12-26(13-11-25)14-15-6-8-16(9-7-15)22-20-19(21)23-17-4-2-3-5-18(17)24-20/h2-9H,10-14H2,1H3,(H,22,24). The molecule has 0 radical (unpaired) electrons. The average molecular weight is 368 g/mol. The van der Waals surface area contributed by atoms with Crippen LogP contribution in [0, 0.1) is 0 Å². The molecule has 0 atom stereocenters. The van der Waals surface area contributed by atoms with Crippen LogP contribution in [-0.2, 0) is 6.54 Å².